The number of hydrogen-bond acceptors (Lipinski definition) is 7. The highest BCUT2D eigenvalue weighted by Crippen LogP contribution is 2.35. The number of nitrogens with one attached hydrogen (secondary N) is 2. The zero-order valence-corrected chi connectivity index (χ0v) is 27.2. The molecule has 0 unspecified atom stereocenters. The molecule has 0 aliphatic carbocycles. The van der Waals surface area contributed by atoms with Gasteiger partial charge in [-0.3, -0.25) is 4.79 Å². The molecule has 1 amide bonds. The van der Waals surface area contributed by atoms with Crippen molar-refractivity contribution >= 4 is 48.7 Å². The Kier molecular flexibility index (Phi) is 8.09. The number of anilines is 1. The molecule has 228 valence electrons. The highest BCUT2D eigenvalue weighted by Gasteiger charge is 2.31. The summed E-state index contributed by atoms with van der Waals surface area (Å²) in [6.45, 7) is 11.1. The molecule has 2 N–H and O–H groups in total. The number of morpholine rings is 1. The molecule has 2 fully saturated rings. The predicted molar refractivity (Wildman–Crippen MR) is 170 cm³/mol. The van der Waals surface area contributed by atoms with Gasteiger partial charge in [-0.25, -0.2) is 18.4 Å². The predicted octanol–water partition coefficient (Wildman–Crippen LogP) is 4.41. The van der Waals surface area contributed by atoms with Crippen molar-refractivity contribution in [1.29, 1.82) is 0 Å². The van der Waals surface area contributed by atoms with Crippen molar-refractivity contribution in [1.82, 2.24) is 28.7 Å². The number of pyridine rings is 1. The van der Waals surface area contributed by atoms with Gasteiger partial charge in [0.1, 0.15) is 11.3 Å². The molecular weight excluding hydrogens is 634 g/mol. The van der Waals surface area contributed by atoms with Gasteiger partial charge in [0.15, 0.2) is 5.65 Å². The molecule has 2 aliphatic rings. The topological polar surface area (TPSA) is 125 Å². The number of halogens is 1. The molecule has 11 nitrogen and oxygen atoms in total. The Bertz CT molecular complexity index is 1810. The van der Waals surface area contributed by atoms with E-state index in [1.807, 2.05) is 30.0 Å². The zero-order chi connectivity index (χ0) is 30.5. The Morgan fingerprint density at radius 1 is 1.16 bits per heavy atom. The highest BCUT2D eigenvalue weighted by atomic mass is 79.9. The largest absolute Gasteiger partial charge is 0.378 e. The molecule has 3 aromatic heterocycles. The average Bonchev–Trinajstić information content (AvgIpc) is 3.72. The number of sulfonamides is 1. The molecular formula is C30H36BrN7O4S. The fourth-order valence-corrected chi connectivity index (χ4v) is 7.60. The van der Waals surface area contributed by atoms with E-state index in [9.17, 15) is 13.2 Å². The van der Waals surface area contributed by atoms with Crippen molar-refractivity contribution in [2.45, 2.75) is 40.2 Å². The van der Waals surface area contributed by atoms with Crippen LogP contribution in [0.15, 0.2) is 34.9 Å². The molecule has 1 aromatic carbocycles. The number of aromatic amines is 1. The van der Waals surface area contributed by atoms with Crippen LogP contribution in [0.1, 0.15) is 40.7 Å². The fourth-order valence-electron chi connectivity index (χ4n) is 6.04. The Labute approximate surface area is 259 Å². The Balaban J connectivity index is 1.29. The van der Waals surface area contributed by atoms with Gasteiger partial charge in [0.2, 0.25) is 10.0 Å². The smallest absolute Gasteiger partial charge is 0.254 e. The zero-order valence-electron chi connectivity index (χ0n) is 24.8. The number of amides is 1. The molecule has 0 radical (unpaired) electrons. The second-order valence-electron chi connectivity index (χ2n) is 11.2. The van der Waals surface area contributed by atoms with Crippen molar-refractivity contribution < 1.29 is 17.9 Å². The number of imidazole rings is 1. The molecule has 0 spiro atoms. The second-order valence-corrected chi connectivity index (χ2v) is 14.3. The minimum absolute atomic E-state index is 0.0299. The standard InChI is InChI=1S/C30H36BrN7O4S/c1-5-43(40,41)37-9-8-22(17-37)33-26-24(31)16-32-29-27(26)34-28(35-29)23-15-19(3)38(20(23)4)25-7-6-21(14-18(25)2)30(39)36-10-12-42-13-11-36/h6-7,14-16,22H,5,8-13,17H2,1-4H3,(H2,32,33,34,35)/t22-/m0/s1. The maximum atomic E-state index is 13.0. The van der Waals surface area contributed by atoms with Crippen LogP contribution in [-0.4, -0.2) is 94.2 Å². The number of carbonyl (C=O) groups excluding carboxylic acids is 1. The summed E-state index contributed by atoms with van der Waals surface area (Å²) in [6.07, 6.45) is 2.44. The summed E-state index contributed by atoms with van der Waals surface area (Å²) >= 11 is 3.62. The van der Waals surface area contributed by atoms with Crippen molar-refractivity contribution in [2.75, 3.05) is 50.5 Å². The van der Waals surface area contributed by atoms with Gasteiger partial charge in [0.05, 0.1) is 29.1 Å². The maximum absolute atomic E-state index is 13.0. The van der Waals surface area contributed by atoms with Crippen LogP contribution in [0.3, 0.4) is 0 Å². The van der Waals surface area contributed by atoms with E-state index >= 15 is 0 Å². The van der Waals surface area contributed by atoms with Gasteiger partial charge in [-0.05, 0) is 79.9 Å². The summed E-state index contributed by atoms with van der Waals surface area (Å²) < 4.78 is 34.6. The second kappa shape index (κ2) is 11.7. The lowest BCUT2D eigenvalue weighted by atomic mass is 10.1. The fraction of sp³-hybridized carbons (Fsp3) is 0.433. The van der Waals surface area contributed by atoms with Crippen LogP contribution >= 0.6 is 15.9 Å². The van der Waals surface area contributed by atoms with E-state index in [2.05, 4.69) is 55.7 Å². The molecule has 13 heteroatoms. The molecule has 6 rings (SSSR count). The lowest BCUT2D eigenvalue weighted by Gasteiger charge is -2.27. The molecule has 43 heavy (non-hydrogen) atoms. The lowest BCUT2D eigenvalue weighted by Crippen LogP contribution is -2.40. The Hall–Kier alpha value is -3.26. The first-order valence-electron chi connectivity index (χ1n) is 14.5. The number of H-pyrrole nitrogens is 1. The van der Waals surface area contributed by atoms with Crippen LogP contribution in [-0.2, 0) is 14.8 Å². The molecule has 2 aliphatic heterocycles. The quantitative estimate of drug-likeness (QED) is 0.299. The number of hydrogen-bond donors (Lipinski definition) is 2. The first kappa shape index (κ1) is 29.8. The number of aromatic nitrogens is 4. The molecule has 4 aromatic rings. The van der Waals surface area contributed by atoms with Gasteiger partial charge in [0, 0.05) is 66.6 Å². The monoisotopic (exact) mass is 669 g/mol. The van der Waals surface area contributed by atoms with Crippen LogP contribution in [0.2, 0.25) is 0 Å². The summed E-state index contributed by atoms with van der Waals surface area (Å²) in [5.74, 6) is 0.823. The third-order valence-corrected chi connectivity index (χ3v) is 10.8. The maximum Gasteiger partial charge on any atom is 0.254 e. The van der Waals surface area contributed by atoms with Crippen LogP contribution in [0, 0.1) is 20.8 Å². The summed E-state index contributed by atoms with van der Waals surface area (Å²) in [5.41, 5.74) is 7.81. The van der Waals surface area contributed by atoms with Crippen LogP contribution < -0.4 is 5.32 Å². The van der Waals surface area contributed by atoms with E-state index in [1.165, 1.54) is 0 Å². The molecule has 2 saturated heterocycles. The SMILES string of the molecule is CCS(=O)(=O)N1CC[C@H](Nc2c(Br)cnc3[nH]c(-c4cc(C)n(-c5ccc(C(=O)N6CCOCC6)cc5C)c4C)nc23)C1. The third-order valence-electron chi connectivity index (χ3n) is 8.39. The summed E-state index contributed by atoms with van der Waals surface area (Å²) in [7, 11) is -3.23. The summed E-state index contributed by atoms with van der Waals surface area (Å²) in [5, 5.41) is 3.53. The first-order chi connectivity index (χ1) is 20.6. The lowest BCUT2D eigenvalue weighted by molar-refractivity contribution is 0.0303. The van der Waals surface area contributed by atoms with E-state index in [1.54, 1.807) is 17.4 Å². The number of benzene rings is 1. The summed E-state index contributed by atoms with van der Waals surface area (Å²) in [4.78, 5) is 27.8. The Morgan fingerprint density at radius 2 is 1.93 bits per heavy atom. The summed E-state index contributed by atoms with van der Waals surface area (Å²) in [6, 6.07) is 7.94. The number of ether oxygens (including phenoxy) is 1. The normalized spacial score (nSPS) is 18.1. The molecule has 0 bridgehead atoms. The van der Waals surface area contributed by atoms with Crippen molar-refractivity contribution in [3.05, 3.63) is 57.4 Å². The number of fused-ring (bicyclic) bond motifs is 1. The first-order valence-corrected chi connectivity index (χ1v) is 16.9. The van der Waals surface area contributed by atoms with E-state index in [4.69, 9.17) is 9.72 Å². The van der Waals surface area contributed by atoms with E-state index < -0.39 is 10.0 Å². The minimum atomic E-state index is -3.23. The number of aryl methyl sites for hydroxylation is 2. The highest BCUT2D eigenvalue weighted by molar-refractivity contribution is 9.10. The van der Waals surface area contributed by atoms with E-state index in [0.717, 1.165) is 38.4 Å². The van der Waals surface area contributed by atoms with Crippen LogP contribution in [0.5, 0.6) is 0 Å². The van der Waals surface area contributed by atoms with Crippen molar-refractivity contribution in [2.24, 2.45) is 0 Å². The van der Waals surface area contributed by atoms with Crippen molar-refractivity contribution in [3.63, 3.8) is 0 Å². The van der Waals surface area contributed by atoms with Gasteiger partial charge in [-0.1, -0.05) is 0 Å². The van der Waals surface area contributed by atoms with Gasteiger partial charge in [-0.15, -0.1) is 0 Å². The number of rotatable bonds is 7. The van der Waals surface area contributed by atoms with Gasteiger partial charge in [0.25, 0.3) is 5.91 Å². The number of nitrogens with zero attached hydrogens (tertiary/aromatic N) is 5. The number of carbonyl (C=O) groups is 1. The molecule has 0 saturated carbocycles. The van der Waals surface area contributed by atoms with Crippen molar-refractivity contribution in [3.8, 4) is 17.1 Å². The third kappa shape index (κ3) is 5.59. The van der Waals surface area contributed by atoms with Gasteiger partial charge in [-0.2, -0.15) is 4.31 Å². The average molecular weight is 671 g/mol. The van der Waals surface area contributed by atoms with E-state index in [0.29, 0.717) is 68.4 Å². The minimum Gasteiger partial charge on any atom is -0.378 e. The van der Waals surface area contributed by atoms with Gasteiger partial charge >= 0.3 is 0 Å². The van der Waals surface area contributed by atoms with E-state index in [-0.39, 0.29) is 17.7 Å². The van der Waals surface area contributed by atoms with Gasteiger partial charge < -0.3 is 24.5 Å². The molecule has 5 heterocycles. The Morgan fingerprint density at radius 3 is 2.65 bits per heavy atom. The van der Waals surface area contributed by atoms with Crippen LogP contribution in [0.4, 0.5) is 5.69 Å². The molecule has 1 atom stereocenters. The van der Waals surface area contributed by atoms with Crippen LogP contribution in [0.25, 0.3) is 28.2 Å².